The summed E-state index contributed by atoms with van der Waals surface area (Å²) in [4.78, 5) is 2.61. The molecule has 20 heavy (non-hydrogen) atoms. The van der Waals surface area contributed by atoms with Gasteiger partial charge in [0.25, 0.3) is 0 Å². The van der Waals surface area contributed by atoms with Gasteiger partial charge in [-0.05, 0) is 49.6 Å². The summed E-state index contributed by atoms with van der Waals surface area (Å²) in [7, 11) is 0. The van der Waals surface area contributed by atoms with Crippen molar-refractivity contribution in [1.82, 2.24) is 4.90 Å². The Morgan fingerprint density at radius 1 is 1.30 bits per heavy atom. The van der Waals surface area contributed by atoms with E-state index in [9.17, 15) is 0 Å². The largest absolute Gasteiger partial charge is 0.329 e. The predicted octanol–water partition coefficient (Wildman–Crippen LogP) is 4.30. The number of halogens is 1. The van der Waals surface area contributed by atoms with E-state index in [0.29, 0.717) is 18.6 Å². The summed E-state index contributed by atoms with van der Waals surface area (Å²) in [6, 6.07) is 7.20. The normalized spacial score (nSPS) is 18.4. The fourth-order valence-corrected chi connectivity index (χ4v) is 3.83. The Bertz CT molecular complexity index is 427. The van der Waals surface area contributed by atoms with Gasteiger partial charge >= 0.3 is 0 Å². The fraction of sp³-hybridized carbons (Fsp3) is 0.647. The van der Waals surface area contributed by atoms with E-state index in [0.717, 1.165) is 11.6 Å². The lowest BCUT2D eigenvalue weighted by Gasteiger charge is -2.39. The molecule has 2 N–H and O–H groups in total. The molecule has 3 heteroatoms. The van der Waals surface area contributed by atoms with Gasteiger partial charge in [0.05, 0.1) is 0 Å². The Hall–Kier alpha value is -0.570. The first-order chi connectivity index (χ1) is 9.67. The van der Waals surface area contributed by atoms with E-state index < -0.39 is 0 Å². The second-order valence-electron chi connectivity index (χ2n) is 5.87. The second-order valence-corrected chi connectivity index (χ2v) is 6.31. The van der Waals surface area contributed by atoms with E-state index in [1.54, 1.807) is 0 Å². The number of likely N-dealkylation sites (N-methyl/N-ethyl adjacent to an activating group) is 1. The molecule has 0 saturated heterocycles. The molecule has 2 nitrogen and oxygen atoms in total. The number of aryl methyl sites for hydroxylation is 1. The van der Waals surface area contributed by atoms with Crippen LogP contribution in [0, 0.1) is 6.92 Å². The van der Waals surface area contributed by atoms with Gasteiger partial charge in [0, 0.05) is 23.7 Å². The SMILES string of the molecule is CCN(C1CCCCC1)C(CN)c1ccc(Cl)cc1C. The van der Waals surface area contributed by atoms with E-state index in [1.165, 1.54) is 43.2 Å². The highest BCUT2D eigenvalue weighted by atomic mass is 35.5. The number of benzene rings is 1. The molecule has 1 unspecified atom stereocenters. The van der Waals surface area contributed by atoms with Crippen LogP contribution in [-0.4, -0.2) is 24.0 Å². The lowest BCUT2D eigenvalue weighted by molar-refractivity contribution is 0.113. The highest BCUT2D eigenvalue weighted by Gasteiger charge is 2.27. The lowest BCUT2D eigenvalue weighted by atomic mass is 9.91. The first kappa shape index (κ1) is 15.8. The zero-order chi connectivity index (χ0) is 14.5. The Balaban J connectivity index is 2.23. The van der Waals surface area contributed by atoms with Crippen LogP contribution in [0.2, 0.25) is 5.02 Å². The lowest BCUT2D eigenvalue weighted by Crippen LogP contribution is -2.42. The topological polar surface area (TPSA) is 29.3 Å². The zero-order valence-electron chi connectivity index (χ0n) is 12.7. The molecule has 1 aromatic rings. The molecule has 0 amide bonds. The van der Waals surface area contributed by atoms with Crippen molar-refractivity contribution < 1.29 is 0 Å². The molecule has 0 spiro atoms. The summed E-state index contributed by atoms with van der Waals surface area (Å²) in [5, 5.41) is 0.808. The van der Waals surface area contributed by atoms with E-state index in [2.05, 4.69) is 24.8 Å². The van der Waals surface area contributed by atoms with E-state index in [4.69, 9.17) is 17.3 Å². The number of nitrogens with two attached hydrogens (primary N) is 1. The smallest absolute Gasteiger partial charge is 0.0475 e. The molecule has 0 heterocycles. The van der Waals surface area contributed by atoms with Gasteiger partial charge in [-0.15, -0.1) is 0 Å². The molecule has 1 aliphatic carbocycles. The Morgan fingerprint density at radius 3 is 2.55 bits per heavy atom. The first-order valence-electron chi connectivity index (χ1n) is 7.89. The minimum Gasteiger partial charge on any atom is -0.329 e. The van der Waals surface area contributed by atoms with Crippen molar-refractivity contribution in [2.24, 2.45) is 5.73 Å². The van der Waals surface area contributed by atoms with E-state index in [1.807, 2.05) is 12.1 Å². The molecule has 0 bridgehead atoms. The molecule has 1 saturated carbocycles. The van der Waals surface area contributed by atoms with Gasteiger partial charge in [-0.3, -0.25) is 4.90 Å². The van der Waals surface area contributed by atoms with Crippen molar-refractivity contribution in [1.29, 1.82) is 0 Å². The van der Waals surface area contributed by atoms with Gasteiger partial charge in [-0.25, -0.2) is 0 Å². The van der Waals surface area contributed by atoms with E-state index >= 15 is 0 Å². The van der Waals surface area contributed by atoms with Crippen LogP contribution >= 0.6 is 11.6 Å². The summed E-state index contributed by atoms with van der Waals surface area (Å²) >= 11 is 6.08. The number of rotatable bonds is 5. The van der Waals surface area contributed by atoms with Crippen LogP contribution in [-0.2, 0) is 0 Å². The average Bonchev–Trinajstić information content (AvgIpc) is 2.46. The first-order valence-corrected chi connectivity index (χ1v) is 8.27. The quantitative estimate of drug-likeness (QED) is 0.877. The molecule has 112 valence electrons. The van der Waals surface area contributed by atoms with Gasteiger partial charge in [0.1, 0.15) is 0 Å². The molecular weight excluding hydrogens is 268 g/mol. The zero-order valence-corrected chi connectivity index (χ0v) is 13.5. The molecule has 2 rings (SSSR count). The maximum Gasteiger partial charge on any atom is 0.0475 e. The maximum absolute atomic E-state index is 6.12. The monoisotopic (exact) mass is 294 g/mol. The van der Waals surface area contributed by atoms with Crippen molar-refractivity contribution in [3.63, 3.8) is 0 Å². The van der Waals surface area contributed by atoms with Crippen LogP contribution in [0.15, 0.2) is 18.2 Å². The Labute approximate surface area is 128 Å². The minimum atomic E-state index is 0.320. The van der Waals surface area contributed by atoms with Gasteiger partial charge in [-0.1, -0.05) is 43.9 Å². The minimum absolute atomic E-state index is 0.320. The Morgan fingerprint density at radius 2 is 2.00 bits per heavy atom. The van der Waals surface area contributed by atoms with Crippen LogP contribution in [0.5, 0.6) is 0 Å². The van der Waals surface area contributed by atoms with Gasteiger partial charge < -0.3 is 5.73 Å². The molecule has 0 radical (unpaired) electrons. The summed E-state index contributed by atoms with van der Waals surface area (Å²) in [5.41, 5.74) is 8.71. The number of hydrogen-bond donors (Lipinski definition) is 1. The Kier molecular flexibility index (Phi) is 5.88. The highest BCUT2D eigenvalue weighted by molar-refractivity contribution is 6.30. The van der Waals surface area contributed by atoms with Crippen molar-refractivity contribution in [2.75, 3.05) is 13.1 Å². The van der Waals surface area contributed by atoms with E-state index in [-0.39, 0.29) is 0 Å². The molecule has 0 aromatic heterocycles. The van der Waals surface area contributed by atoms with Crippen LogP contribution < -0.4 is 5.73 Å². The van der Waals surface area contributed by atoms with Crippen LogP contribution in [0.3, 0.4) is 0 Å². The second kappa shape index (κ2) is 7.44. The summed E-state index contributed by atoms with van der Waals surface area (Å²) in [5.74, 6) is 0. The summed E-state index contributed by atoms with van der Waals surface area (Å²) in [6.07, 6.45) is 6.74. The van der Waals surface area contributed by atoms with Gasteiger partial charge in [-0.2, -0.15) is 0 Å². The van der Waals surface area contributed by atoms with Crippen molar-refractivity contribution in [2.45, 2.75) is 58.0 Å². The van der Waals surface area contributed by atoms with Gasteiger partial charge in [0.2, 0.25) is 0 Å². The third kappa shape index (κ3) is 3.55. The molecule has 1 fully saturated rings. The van der Waals surface area contributed by atoms with Gasteiger partial charge in [0.15, 0.2) is 0 Å². The van der Waals surface area contributed by atoms with Crippen LogP contribution in [0.4, 0.5) is 0 Å². The summed E-state index contributed by atoms with van der Waals surface area (Å²) < 4.78 is 0. The average molecular weight is 295 g/mol. The fourth-order valence-electron chi connectivity index (χ4n) is 3.60. The third-order valence-corrected chi connectivity index (χ3v) is 4.86. The number of hydrogen-bond acceptors (Lipinski definition) is 2. The molecule has 1 aliphatic rings. The van der Waals surface area contributed by atoms with Crippen LogP contribution in [0.25, 0.3) is 0 Å². The molecule has 0 aliphatic heterocycles. The summed E-state index contributed by atoms with van der Waals surface area (Å²) in [6.45, 7) is 6.13. The molecule has 1 atom stereocenters. The standard InChI is InChI=1S/C17H27ClN2/c1-3-20(15-7-5-4-6-8-15)17(12-19)16-10-9-14(18)11-13(16)2/h9-11,15,17H,3-8,12,19H2,1-2H3. The third-order valence-electron chi connectivity index (χ3n) is 4.62. The van der Waals surface area contributed by atoms with Crippen molar-refractivity contribution in [3.05, 3.63) is 34.3 Å². The van der Waals surface area contributed by atoms with Crippen molar-refractivity contribution >= 4 is 11.6 Å². The predicted molar refractivity (Wildman–Crippen MR) is 87.2 cm³/mol. The van der Waals surface area contributed by atoms with Crippen LogP contribution in [0.1, 0.15) is 56.2 Å². The number of nitrogens with zero attached hydrogens (tertiary/aromatic N) is 1. The molecule has 1 aromatic carbocycles. The maximum atomic E-state index is 6.12. The highest BCUT2D eigenvalue weighted by Crippen LogP contribution is 2.31. The molecular formula is C17H27ClN2. The van der Waals surface area contributed by atoms with Crippen molar-refractivity contribution in [3.8, 4) is 0 Å².